The van der Waals surface area contributed by atoms with Gasteiger partial charge in [0.15, 0.2) is 5.76 Å². The number of nitrogens with one attached hydrogen (secondary N) is 2. The molecule has 2 fully saturated rings. The van der Waals surface area contributed by atoms with E-state index in [2.05, 4.69) is 10.6 Å². The summed E-state index contributed by atoms with van der Waals surface area (Å²) in [4.78, 5) is 11.9. The second kappa shape index (κ2) is 4.74. The maximum absolute atomic E-state index is 11.9. The molecule has 3 rings (SSSR count). The fraction of sp³-hybridized carbons (Fsp3) is 0.615. The first kappa shape index (κ1) is 11.7. The molecule has 98 valence electrons. The third-order valence-corrected chi connectivity index (χ3v) is 3.78. The van der Waals surface area contributed by atoms with Gasteiger partial charge in [0, 0.05) is 19.2 Å². The van der Waals surface area contributed by atoms with Crippen LogP contribution in [0.1, 0.15) is 29.8 Å². The summed E-state index contributed by atoms with van der Waals surface area (Å²) in [6.45, 7) is 2.60. The first-order valence-electron chi connectivity index (χ1n) is 6.47. The lowest BCUT2D eigenvalue weighted by atomic mass is 9.89. The Morgan fingerprint density at radius 1 is 1.56 bits per heavy atom. The second-order valence-corrected chi connectivity index (χ2v) is 5.10. The van der Waals surface area contributed by atoms with E-state index < -0.39 is 0 Å². The largest absolute Gasteiger partial charge is 0.459 e. The van der Waals surface area contributed by atoms with Crippen molar-refractivity contribution in [3.05, 3.63) is 24.2 Å². The Morgan fingerprint density at radius 2 is 2.50 bits per heavy atom. The Balaban J connectivity index is 1.61. The van der Waals surface area contributed by atoms with Crippen molar-refractivity contribution in [1.82, 2.24) is 10.6 Å². The molecule has 0 bridgehead atoms. The van der Waals surface area contributed by atoms with Crippen LogP contribution in [0.4, 0.5) is 0 Å². The summed E-state index contributed by atoms with van der Waals surface area (Å²) < 4.78 is 11.0. The van der Waals surface area contributed by atoms with Crippen LogP contribution in [0.3, 0.4) is 0 Å². The van der Waals surface area contributed by atoms with Gasteiger partial charge in [0.05, 0.1) is 11.9 Å². The van der Waals surface area contributed by atoms with Crippen LogP contribution < -0.4 is 10.6 Å². The molecule has 18 heavy (non-hydrogen) atoms. The minimum absolute atomic E-state index is 0.0701. The van der Waals surface area contributed by atoms with Crippen molar-refractivity contribution in [3.63, 3.8) is 0 Å². The zero-order valence-corrected chi connectivity index (χ0v) is 10.3. The van der Waals surface area contributed by atoms with E-state index in [4.69, 9.17) is 9.15 Å². The average Bonchev–Trinajstić information content (AvgIpc) is 3.01. The topological polar surface area (TPSA) is 63.5 Å². The van der Waals surface area contributed by atoms with Crippen LogP contribution in [0.2, 0.25) is 0 Å². The van der Waals surface area contributed by atoms with Crippen molar-refractivity contribution in [2.24, 2.45) is 0 Å². The number of amides is 1. The van der Waals surface area contributed by atoms with Crippen molar-refractivity contribution in [2.75, 3.05) is 19.7 Å². The van der Waals surface area contributed by atoms with Crippen LogP contribution in [0.5, 0.6) is 0 Å². The predicted molar refractivity (Wildman–Crippen MR) is 65.4 cm³/mol. The number of hydrogen-bond donors (Lipinski definition) is 2. The van der Waals surface area contributed by atoms with E-state index in [9.17, 15) is 4.79 Å². The Bertz CT molecular complexity index is 410. The van der Waals surface area contributed by atoms with Gasteiger partial charge in [0.25, 0.3) is 5.91 Å². The summed E-state index contributed by atoms with van der Waals surface area (Å²) in [5.41, 5.74) is -0.0701. The molecule has 5 nitrogen and oxygen atoms in total. The highest BCUT2D eigenvalue weighted by atomic mass is 16.5. The number of rotatable bonds is 2. The lowest BCUT2D eigenvalue weighted by Gasteiger charge is -2.37. The smallest absolute Gasteiger partial charge is 0.287 e. The van der Waals surface area contributed by atoms with Gasteiger partial charge >= 0.3 is 0 Å². The fourth-order valence-corrected chi connectivity index (χ4v) is 2.83. The average molecular weight is 250 g/mol. The highest BCUT2D eigenvalue weighted by Crippen LogP contribution is 2.30. The van der Waals surface area contributed by atoms with E-state index in [0.717, 1.165) is 32.4 Å². The molecule has 2 saturated heterocycles. The fourth-order valence-electron chi connectivity index (χ4n) is 2.83. The Morgan fingerprint density at radius 3 is 3.22 bits per heavy atom. The molecule has 2 N–H and O–H groups in total. The molecule has 0 aromatic carbocycles. The van der Waals surface area contributed by atoms with Gasteiger partial charge in [-0.05, 0) is 37.9 Å². The molecule has 2 aliphatic heterocycles. The standard InChI is InChI=1S/C13H18N2O3/c16-12(11-2-1-6-17-11)15-10-3-7-18-13(8-10)4-5-14-9-13/h1-2,6,10,14H,3-5,7-9H2,(H,15,16)/t10-,13+/m0/s1. The molecule has 1 spiro atoms. The molecule has 1 aromatic heterocycles. The third kappa shape index (κ3) is 2.28. The lowest BCUT2D eigenvalue weighted by Crippen LogP contribution is -2.49. The number of carbonyl (C=O) groups excluding carboxylic acids is 1. The van der Waals surface area contributed by atoms with Crippen molar-refractivity contribution in [2.45, 2.75) is 30.9 Å². The van der Waals surface area contributed by atoms with Crippen molar-refractivity contribution < 1.29 is 13.9 Å². The van der Waals surface area contributed by atoms with Gasteiger partial charge in [-0.3, -0.25) is 4.79 Å². The number of carbonyl (C=O) groups is 1. The van der Waals surface area contributed by atoms with Crippen molar-refractivity contribution >= 4 is 5.91 Å². The normalized spacial score (nSPS) is 31.7. The maximum Gasteiger partial charge on any atom is 0.287 e. The Hall–Kier alpha value is -1.33. The van der Waals surface area contributed by atoms with Crippen LogP contribution in [-0.2, 0) is 4.74 Å². The van der Waals surface area contributed by atoms with Gasteiger partial charge in [0.1, 0.15) is 0 Å². The van der Waals surface area contributed by atoms with Crippen molar-refractivity contribution in [3.8, 4) is 0 Å². The molecule has 0 aliphatic carbocycles. The zero-order valence-electron chi connectivity index (χ0n) is 10.3. The molecular formula is C13H18N2O3. The SMILES string of the molecule is O=C(N[C@H]1CCO[C@]2(CCNC2)C1)c1ccco1. The zero-order chi connectivity index (χ0) is 12.4. The first-order chi connectivity index (χ1) is 8.77. The molecule has 2 aliphatic rings. The van der Waals surface area contributed by atoms with Gasteiger partial charge in [-0.25, -0.2) is 0 Å². The number of furan rings is 1. The molecule has 5 heteroatoms. The molecule has 1 aromatic rings. The number of hydrogen-bond acceptors (Lipinski definition) is 4. The summed E-state index contributed by atoms with van der Waals surface area (Å²) in [5.74, 6) is 0.244. The summed E-state index contributed by atoms with van der Waals surface area (Å²) in [5, 5.41) is 6.36. The van der Waals surface area contributed by atoms with Gasteiger partial charge in [-0.2, -0.15) is 0 Å². The molecule has 1 amide bonds. The summed E-state index contributed by atoms with van der Waals surface area (Å²) in [6, 6.07) is 3.58. The van der Waals surface area contributed by atoms with E-state index >= 15 is 0 Å². The van der Waals surface area contributed by atoms with Crippen LogP contribution in [0.25, 0.3) is 0 Å². The number of ether oxygens (including phenoxy) is 1. The van der Waals surface area contributed by atoms with Gasteiger partial charge in [-0.1, -0.05) is 0 Å². The molecule has 2 atom stereocenters. The van der Waals surface area contributed by atoms with Crippen molar-refractivity contribution in [1.29, 1.82) is 0 Å². The minimum atomic E-state index is -0.131. The summed E-state index contributed by atoms with van der Waals surface area (Å²) >= 11 is 0. The Kier molecular flexibility index (Phi) is 3.09. The quantitative estimate of drug-likeness (QED) is 0.819. The highest BCUT2D eigenvalue weighted by Gasteiger charge is 2.40. The molecular weight excluding hydrogens is 232 g/mol. The molecule has 3 heterocycles. The second-order valence-electron chi connectivity index (χ2n) is 5.10. The van der Waals surface area contributed by atoms with Crippen LogP contribution in [0, 0.1) is 0 Å². The monoisotopic (exact) mass is 250 g/mol. The molecule has 0 unspecified atom stereocenters. The molecule has 0 radical (unpaired) electrons. The van der Waals surface area contributed by atoms with Crippen LogP contribution in [0.15, 0.2) is 22.8 Å². The lowest BCUT2D eigenvalue weighted by molar-refractivity contribution is -0.0732. The van der Waals surface area contributed by atoms with E-state index in [1.807, 2.05) is 0 Å². The predicted octanol–water partition coefficient (Wildman–Crippen LogP) is 0.920. The van der Waals surface area contributed by atoms with Gasteiger partial charge < -0.3 is 19.8 Å². The minimum Gasteiger partial charge on any atom is -0.459 e. The molecule has 0 saturated carbocycles. The van der Waals surface area contributed by atoms with E-state index in [1.165, 1.54) is 6.26 Å². The highest BCUT2D eigenvalue weighted by molar-refractivity contribution is 5.91. The maximum atomic E-state index is 11.9. The van der Waals surface area contributed by atoms with E-state index in [-0.39, 0.29) is 17.6 Å². The van der Waals surface area contributed by atoms with E-state index in [0.29, 0.717) is 12.4 Å². The van der Waals surface area contributed by atoms with Crippen LogP contribution in [-0.4, -0.2) is 37.2 Å². The van der Waals surface area contributed by atoms with E-state index in [1.54, 1.807) is 12.1 Å². The first-order valence-corrected chi connectivity index (χ1v) is 6.47. The Labute approximate surface area is 106 Å². The van der Waals surface area contributed by atoms with Gasteiger partial charge in [-0.15, -0.1) is 0 Å². The third-order valence-electron chi connectivity index (χ3n) is 3.78. The summed E-state index contributed by atoms with van der Waals surface area (Å²) in [6.07, 6.45) is 4.29. The summed E-state index contributed by atoms with van der Waals surface area (Å²) in [7, 11) is 0. The van der Waals surface area contributed by atoms with Gasteiger partial charge in [0.2, 0.25) is 0 Å². The van der Waals surface area contributed by atoms with Crippen LogP contribution >= 0.6 is 0 Å².